The van der Waals surface area contributed by atoms with Crippen LogP contribution < -0.4 is 5.32 Å². The van der Waals surface area contributed by atoms with Crippen LogP contribution in [0.4, 0.5) is 0 Å². The number of piperidine rings is 2. The monoisotopic (exact) mass is 392 g/mol. The van der Waals surface area contributed by atoms with Gasteiger partial charge in [0.25, 0.3) is 0 Å². The first-order chi connectivity index (χ1) is 13.0. The van der Waals surface area contributed by atoms with Gasteiger partial charge in [0.15, 0.2) is 5.96 Å². The van der Waals surface area contributed by atoms with E-state index in [-0.39, 0.29) is 5.75 Å². The minimum Gasteiger partial charge on any atom is -0.355 e. The van der Waals surface area contributed by atoms with Crippen LogP contribution >= 0.6 is 0 Å². The smallest absolute Gasteiger partial charge is 0.193 e. The van der Waals surface area contributed by atoms with E-state index in [1.54, 1.807) is 7.05 Å². The maximum Gasteiger partial charge on any atom is 0.193 e. The molecule has 6 nitrogen and oxygen atoms in total. The third-order valence-electron chi connectivity index (χ3n) is 5.68. The van der Waals surface area contributed by atoms with Gasteiger partial charge in [-0.2, -0.15) is 0 Å². The summed E-state index contributed by atoms with van der Waals surface area (Å²) in [7, 11) is -1.18. The number of hydrogen-bond donors (Lipinski definition) is 1. The van der Waals surface area contributed by atoms with Crippen LogP contribution in [0.25, 0.3) is 0 Å². The maximum atomic E-state index is 11.4. The highest BCUT2D eigenvalue weighted by atomic mass is 32.2. The van der Waals surface area contributed by atoms with Crippen molar-refractivity contribution in [1.29, 1.82) is 0 Å². The molecule has 1 aromatic carbocycles. The first-order valence-electron chi connectivity index (χ1n) is 9.87. The van der Waals surface area contributed by atoms with Gasteiger partial charge in [0.05, 0.1) is 5.75 Å². The Morgan fingerprint density at radius 3 is 2.70 bits per heavy atom. The van der Waals surface area contributed by atoms with Gasteiger partial charge in [-0.05, 0) is 37.3 Å². The lowest BCUT2D eigenvalue weighted by Crippen LogP contribution is -2.56. The van der Waals surface area contributed by atoms with E-state index >= 15 is 0 Å². The molecule has 3 rings (SSSR count). The molecule has 1 N–H and O–H groups in total. The minimum atomic E-state index is -2.96. The number of nitrogens with one attached hydrogen (secondary N) is 1. The predicted octanol–water partition coefficient (Wildman–Crippen LogP) is 1.59. The molecule has 0 aliphatic carbocycles. The summed E-state index contributed by atoms with van der Waals surface area (Å²) in [4.78, 5) is 9.33. The van der Waals surface area contributed by atoms with Crippen molar-refractivity contribution >= 4 is 15.8 Å². The molecule has 2 heterocycles. The van der Waals surface area contributed by atoms with Crippen molar-refractivity contribution in [3.05, 3.63) is 35.9 Å². The summed E-state index contributed by atoms with van der Waals surface area (Å²) in [6.45, 7) is 4.58. The summed E-state index contributed by atoms with van der Waals surface area (Å²) in [6.07, 6.45) is 4.89. The Hall–Kier alpha value is -1.60. The van der Waals surface area contributed by atoms with E-state index in [4.69, 9.17) is 0 Å². The van der Waals surface area contributed by atoms with Crippen molar-refractivity contribution < 1.29 is 8.42 Å². The number of nitrogens with zero attached hydrogens (tertiary/aromatic N) is 3. The SMILES string of the molecule is CN=C(NCCS(C)(=O)=O)N1CCC2C(CCCN2Cc2ccccc2)C1. The molecule has 0 spiro atoms. The fraction of sp³-hybridized carbons (Fsp3) is 0.650. The van der Waals surface area contributed by atoms with E-state index in [1.807, 2.05) is 0 Å². The highest BCUT2D eigenvalue weighted by Gasteiger charge is 2.36. The Morgan fingerprint density at radius 1 is 1.22 bits per heavy atom. The van der Waals surface area contributed by atoms with Crippen molar-refractivity contribution in [3.63, 3.8) is 0 Å². The summed E-state index contributed by atoms with van der Waals surface area (Å²) in [5.41, 5.74) is 1.39. The van der Waals surface area contributed by atoms with E-state index in [0.29, 0.717) is 18.5 Å². The first-order valence-corrected chi connectivity index (χ1v) is 11.9. The Morgan fingerprint density at radius 2 is 2.00 bits per heavy atom. The maximum absolute atomic E-state index is 11.4. The number of likely N-dealkylation sites (tertiary alicyclic amines) is 2. The Bertz CT molecular complexity index is 736. The van der Waals surface area contributed by atoms with E-state index in [9.17, 15) is 8.42 Å². The number of sulfone groups is 1. The number of hydrogen-bond acceptors (Lipinski definition) is 4. The van der Waals surface area contributed by atoms with Crippen molar-refractivity contribution in [2.45, 2.75) is 31.8 Å². The van der Waals surface area contributed by atoms with Gasteiger partial charge in [0.2, 0.25) is 0 Å². The lowest BCUT2D eigenvalue weighted by molar-refractivity contribution is 0.0373. The zero-order valence-corrected chi connectivity index (χ0v) is 17.3. The molecule has 0 aromatic heterocycles. The Kier molecular flexibility index (Phi) is 6.76. The second-order valence-electron chi connectivity index (χ2n) is 7.76. The van der Waals surface area contributed by atoms with Crippen LogP contribution in [0, 0.1) is 5.92 Å². The van der Waals surface area contributed by atoms with Crippen molar-refractivity contribution in [3.8, 4) is 0 Å². The zero-order valence-electron chi connectivity index (χ0n) is 16.5. The molecular weight excluding hydrogens is 360 g/mol. The summed E-state index contributed by atoms with van der Waals surface area (Å²) in [5.74, 6) is 1.61. The van der Waals surface area contributed by atoms with Crippen LogP contribution in [0.15, 0.2) is 35.3 Å². The lowest BCUT2D eigenvalue weighted by Gasteiger charge is -2.48. The fourth-order valence-electron chi connectivity index (χ4n) is 4.39. The average Bonchev–Trinajstić information content (AvgIpc) is 2.65. The summed E-state index contributed by atoms with van der Waals surface area (Å²) in [6, 6.07) is 11.4. The summed E-state index contributed by atoms with van der Waals surface area (Å²) < 4.78 is 22.7. The fourth-order valence-corrected chi connectivity index (χ4v) is 4.87. The highest BCUT2D eigenvalue weighted by Crippen LogP contribution is 2.31. The first kappa shape index (κ1) is 20.1. The van der Waals surface area contributed by atoms with Gasteiger partial charge in [-0.1, -0.05) is 30.3 Å². The summed E-state index contributed by atoms with van der Waals surface area (Å²) >= 11 is 0. The lowest BCUT2D eigenvalue weighted by atomic mass is 9.83. The molecule has 27 heavy (non-hydrogen) atoms. The Labute approximate surface area is 163 Å². The number of benzene rings is 1. The number of fused-ring (bicyclic) bond motifs is 1. The van der Waals surface area contributed by atoms with Gasteiger partial charge in [-0.3, -0.25) is 9.89 Å². The van der Waals surface area contributed by atoms with Crippen LogP contribution in [0.2, 0.25) is 0 Å². The normalized spacial score (nSPS) is 24.5. The molecule has 150 valence electrons. The molecule has 0 saturated carbocycles. The topological polar surface area (TPSA) is 65.0 Å². The molecule has 0 amide bonds. The van der Waals surface area contributed by atoms with E-state index < -0.39 is 9.84 Å². The number of rotatable bonds is 5. The molecule has 2 aliphatic heterocycles. The van der Waals surface area contributed by atoms with Crippen LogP contribution in [0.1, 0.15) is 24.8 Å². The second-order valence-corrected chi connectivity index (χ2v) is 10.0. The molecule has 2 fully saturated rings. The Balaban J connectivity index is 1.57. The van der Waals surface area contributed by atoms with Gasteiger partial charge in [0, 0.05) is 45.5 Å². The third kappa shape index (κ3) is 5.69. The molecule has 2 unspecified atom stereocenters. The molecule has 1 aromatic rings. The number of aliphatic imine (C=N–C) groups is 1. The van der Waals surface area contributed by atoms with Gasteiger partial charge in [-0.25, -0.2) is 8.42 Å². The molecule has 7 heteroatoms. The van der Waals surface area contributed by atoms with E-state index in [0.717, 1.165) is 32.0 Å². The molecule has 2 aliphatic rings. The molecule has 0 radical (unpaired) electrons. The van der Waals surface area contributed by atoms with Gasteiger partial charge < -0.3 is 10.2 Å². The van der Waals surface area contributed by atoms with Gasteiger partial charge in [0.1, 0.15) is 9.84 Å². The van der Waals surface area contributed by atoms with E-state index in [1.165, 1.54) is 31.2 Å². The van der Waals surface area contributed by atoms with Gasteiger partial charge in [-0.15, -0.1) is 0 Å². The third-order valence-corrected chi connectivity index (χ3v) is 6.62. The van der Waals surface area contributed by atoms with E-state index in [2.05, 4.69) is 50.4 Å². The quantitative estimate of drug-likeness (QED) is 0.609. The molecule has 0 bridgehead atoms. The van der Waals surface area contributed by atoms with Crippen LogP contribution in [0.5, 0.6) is 0 Å². The van der Waals surface area contributed by atoms with Crippen LogP contribution in [-0.2, 0) is 16.4 Å². The largest absolute Gasteiger partial charge is 0.355 e. The molecule has 2 atom stereocenters. The van der Waals surface area contributed by atoms with Crippen molar-refractivity contribution in [2.24, 2.45) is 10.9 Å². The van der Waals surface area contributed by atoms with Crippen LogP contribution in [0.3, 0.4) is 0 Å². The molecule has 2 saturated heterocycles. The highest BCUT2D eigenvalue weighted by molar-refractivity contribution is 7.90. The van der Waals surface area contributed by atoms with Crippen molar-refractivity contribution in [1.82, 2.24) is 15.1 Å². The summed E-state index contributed by atoms with van der Waals surface area (Å²) in [5, 5.41) is 3.23. The standard InChI is InChI=1S/C20H32N4O2S/c1-21-20(22-11-14-27(2,25)26)24-13-10-19-18(16-24)9-6-12-23(19)15-17-7-4-3-5-8-17/h3-5,7-8,18-19H,6,9-16H2,1-2H3,(H,21,22). The number of guanidine groups is 1. The zero-order chi connectivity index (χ0) is 19.3. The van der Waals surface area contributed by atoms with Gasteiger partial charge >= 0.3 is 0 Å². The molecular formula is C20H32N4O2S. The average molecular weight is 393 g/mol. The van der Waals surface area contributed by atoms with Crippen molar-refractivity contribution in [2.75, 3.05) is 45.2 Å². The minimum absolute atomic E-state index is 0.136. The van der Waals surface area contributed by atoms with Crippen LogP contribution in [-0.4, -0.2) is 75.5 Å². The predicted molar refractivity (Wildman–Crippen MR) is 111 cm³/mol. The second kappa shape index (κ2) is 9.06.